The zero-order valence-electron chi connectivity index (χ0n) is 14.0. The largest absolute Gasteiger partial charge is 0.362 e. The minimum absolute atomic E-state index is 0.533. The number of rotatable bonds is 4. The lowest BCUT2D eigenvalue weighted by atomic mass is 9.75. The molecule has 3 rings (SSSR count). The minimum atomic E-state index is 0.533. The lowest BCUT2D eigenvalue weighted by Gasteiger charge is -2.31. The normalized spacial score (nSPS) is 21.1. The predicted octanol–water partition coefficient (Wildman–Crippen LogP) is 4.79. The van der Waals surface area contributed by atoms with Gasteiger partial charge >= 0.3 is 0 Å². The van der Waals surface area contributed by atoms with Crippen molar-refractivity contribution >= 4 is 0 Å². The smallest absolute Gasteiger partial charge is 0.139 e. The van der Waals surface area contributed by atoms with Crippen LogP contribution in [0.5, 0.6) is 0 Å². The van der Waals surface area contributed by atoms with Gasteiger partial charge in [-0.2, -0.15) is 5.10 Å². The van der Waals surface area contributed by atoms with Crippen LogP contribution in [0.4, 0.5) is 0 Å². The van der Waals surface area contributed by atoms with Crippen LogP contribution < -0.4 is 0 Å². The van der Waals surface area contributed by atoms with E-state index in [0.29, 0.717) is 24.5 Å². The minimum Gasteiger partial charge on any atom is -0.362 e. The van der Waals surface area contributed by atoms with Crippen molar-refractivity contribution in [3.63, 3.8) is 0 Å². The number of ether oxygens (including phenoxy) is 1. The third-order valence-corrected chi connectivity index (χ3v) is 4.89. The zero-order chi connectivity index (χ0) is 15.7. The summed E-state index contributed by atoms with van der Waals surface area (Å²) in [6.45, 7) is 7.50. The summed E-state index contributed by atoms with van der Waals surface area (Å²) in [6.07, 6.45) is 2.49. The molecule has 0 bridgehead atoms. The van der Waals surface area contributed by atoms with Crippen LogP contribution in [0.3, 0.4) is 0 Å². The van der Waals surface area contributed by atoms with Gasteiger partial charge in [0, 0.05) is 29.8 Å². The van der Waals surface area contributed by atoms with Gasteiger partial charge in [0.1, 0.15) is 6.73 Å². The maximum atomic E-state index is 5.41. The molecule has 0 fully saturated rings. The summed E-state index contributed by atoms with van der Waals surface area (Å²) < 4.78 is 7.50. The number of aromatic nitrogens is 2. The molecule has 2 aromatic rings. The lowest BCUT2D eigenvalue weighted by molar-refractivity contribution is 0.115. The molecule has 3 heteroatoms. The van der Waals surface area contributed by atoms with Crippen LogP contribution in [0.1, 0.15) is 56.7 Å². The van der Waals surface area contributed by atoms with E-state index < -0.39 is 0 Å². The van der Waals surface area contributed by atoms with E-state index in [9.17, 15) is 0 Å². The average Bonchev–Trinajstić information content (AvgIpc) is 2.89. The Hall–Kier alpha value is -1.61. The van der Waals surface area contributed by atoms with Crippen molar-refractivity contribution < 1.29 is 4.74 Å². The summed E-state index contributed by atoms with van der Waals surface area (Å²) in [5.41, 5.74) is 5.19. The molecular formula is C19H26N2O. The molecular weight excluding hydrogens is 272 g/mol. The van der Waals surface area contributed by atoms with Crippen LogP contribution in [-0.2, 0) is 11.5 Å². The van der Waals surface area contributed by atoms with E-state index in [4.69, 9.17) is 9.84 Å². The molecule has 1 aliphatic rings. The molecule has 0 N–H and O–H groups in total. The monoisotopic (exact) mass is 298 g/mol. The molecule has 0 amide bonds. The maximum Gasteiger partial charge on any atom is 0.139 e. The molecule has 1 aliphatic carbocycles. The van der Waals surface area contributed by atoms with Gasteiger partial charge in [0.2, 0.25) is 0 Å². The predicted molar refractivity (Wildman–Crippen MR) is 89.9 cm³/mol. The lowest BCUT2D eigenvalue weighted by Crippen LogP contribution is -2.21. The molecule has 118 valence electrons. The summed E-state index contributed by atoms with van der Waals surface area (Å²) in [7, 11) is 1.74. The van der Waals surface area contributed by atoms with Crippen LogP contribution in [0.15, 0.2) is 30.3 Å². The molecule has 0 saturated heterocycles. The molecule has 2 atom stereocenters. The number of nitrogens with zero attached hydrogens (tertiary/aromatic N) is 2. The molecule has 0 saturated carbocycles. The highest BCUT2D eigenvalue weighted by molar-refractivity contribution is 5.65. The van der Waals surface area contributed by atoms with Gasteiger partial charge < -0.3 is 4.74 Å². The van der Waals surface area contributed by atoms with Crippen molar-refractivity contribution in [3.05, 3.63) is 41.6 Å². The molecule has 22 heavy (non-hydrogen) atoms. The SMILES string of the molecule is COCn1nc(-c2ccccc2)c2c1C(C(C)C)CCC2C. The standard InChI is InChI=1S/C19H26N2O/c1-13(2)16-11-10-14(3)17-18(15-8-6-5-7-9-15)20-21(12-22-4)19(16)17/h5-9,13-14,16H,10-12H2,1-4H3. The highest BCUT2D eigenvalue weighted by Gasteiger charge is 2.34. The Bertz CT molecular complexity index is 630. The first kappa shape index (κ1) is 15.3. The van der Waals surface area contributed by atoms with Gasteiger partial charge in [0.25, 0.3) is 0 Å². The highest BCUT2D eigenvalue weighted by Crippen LogP contribution is 2.46. The first-order valence-corrected chi connectivity index (χ1v) is 8.28. The summed E-state index contributed by atoms with van der Waals surface area (Å²) in [5.74, 6) is 1.76. The molecule has 0 aliphatic heterocycles. The van der Waals surface area contributed by atoms with Crippen molar-refractivity contribution in [1.29, 1.82) is 0 Å². The van der Waals surface area contributed by atoms with Crippen molar-refractivity contribution in [1.82, 2.24) is 9.78 Å². The Morgan fingerprint density at radius 1 is 1.23 bits per heavy atom. The Balaban J connectivity index is 2.19. The van der Waals surface area contributed by atoms with Crippen LogP contribution >= 0.6 is 0 Å². The van der Waals surface area contributed by atoms with Crippen LogP contribution in [0.2, 0.25) is 0 Å². The topological polar surface area (TPSA) is 27.1 Å². The highest BCUT2D eigenvalue weighted by atomic mass is 16.5. The van der Waals surface area contributed by atoms with Crippen LogP contribution in [0, 0.1) is 5.92 Å². The van der Waals surface area contributed by atoms with Crippen molar-refractivity contribution in [2.24, 2.45) is 5.92 Å². The second-order valence-corrected chi connectivity index (χ2v) is 6.76. The summed E-state index contributed by atoms with van der Waals surface area (Å²) in [4.78, 5) is 0. The van der Waals surface area contributed by atoms with E-state index in [1.807, 2.05) is 0 Å². The van der Waals surface area contributed by atoms with Gasteiger partial charge in [-0.05, 0) is 24.7 Å². The average molecular weight is 298 g/mol. The van der Waals surface area contributed by atoms with Gasteiger partial charge in [0.05, 0.1) is 5.69 Å². The van der Waals surface area contributed by atoms with Crippen molar-refractivity contribution in [2.75, 3.05) is 7.11 Å². The van der Waals surface area contributed by atoms with Gasteiger partial charge in [-0.1, -0.05) is 51.1 Å². The fraction of sp³-hybridized carbons (Fsp3) is 0.526. The molecule has 1 heterocycles. The van der Waals surface area contributed by atoms with E-state index in [-0.39, 0.29) is 0 Å². The fourth-order valence-corrected chi connectivity index (χ4v) is 3.76. The Morgan fingerprint density at radius 2 is 1.95 bits per heavy atom. The Morgan fingerprint density at radius 3 is 2.59 bits per heavy atom. The van der Waals surface area contributed by atoms with Crippen LogP contribution in [0.25, 0.3) is 11.3 Å². The van der Waals surface area contributed by atoms with Crippen molar-refractivity contribution in [3.8, 4) is 11.3 Å². The van der Waals surface area contributed by atoms with E-state index in [1.54, 1.807) is 7.11 Å². The van der Waals surface area contributed by atoms with Gasteiger partial charge in [-0.25, -0.2) is 4.68 Å². The summed E-state index contributed by atoms with van der Waals surface area (Å²) in [5, 5.41) is 4.93. The molecule has 2 unspecified atom stereocenters. The zero-order valence-corrected chi connectivity index (χ0v) is 14.0. The van der Waals surface area contributed by atoms with E-state index in [0.717, 1.165) is 5.69 Å². The van der Waals surface area contributed by atoms with Gasteiger partial charge in [0.15, 0.2) is 0 Å². The number of benzene rings is 1. The quantitative estimate of drug-likeness (QED) is 0.811. The molecule has 1 aromatic carbocycles. The number of methoxy groups -OCH3 is 1. The van der Waals surface area contributed by atoms with Crippen molar-refractivity contribution in [2.45, 2.75) is 52.2 Å². The van der Waals surface area contributed by atoms with E-state index in [2.05, 4.69) is 55.8 Å². The molecule has 1 aromatic heterocycles. The third-order valence-electron chi connectivity index (χ3n) is 4.89. The molecule has 0 spiro atoms. The van der Waals surface area contributed by atoms with Gasteiger partial charge in [-0.15, -0.1) is 0 Å². The Kier molecular flexibility index (Phi) is 4.34. The van der Waals surface area contributed by atoms with E-state index in [1.165, 1.54) is 29.7 Å². The van der Waals surface area contributed by atoms with Crippen LogP contribution in [-0.4, -0.2) is 16.9 Å². The second-order valence-electron chi connectivity index (χ2n) is 6.76. The van der Waals surface area contributed by atoms with Gasteiger partial charge in [-0.3, -0.25) is 0 Å². The third kappa shape index (κ3) is 2.58. The molecule has 3 nitrogen and oxygen atoms in total. The first-order valence-electron chi connectivity index (χ1n) is 8.28. The number of fused-ring (bicyclic) bond motifs is 1. The number of hydrogen-bond acceptors (Lipinski definition) is 2. The number of hydrogen-bond donors (Lipinski definition) is 0. The maximum absolute atomic E-state index is 5.41. The second kappa shape index (κ2) is 6.25. The first-order chi connectivity index (χ1) is 10.6. The molecule has 0 radical (unpaired) electrons. The summed E-state index contributed by atoms with van der Waals surface area (Å²) in [6, 6.07) is 10.5. The van der Waals surface area contributed by atoms with E-state index >= 15 is 0 Å². The summed E-state index contributed by atoms with van der Waals surface area (Å²) >= 11 is 0. The fourth-order valence-electron chi connectivity index (χ4n) is 3.76. The Labute approximate surface area is 133 Å².